The van der Waals surface area contributed by atoms with E-state index in [-0.39, 0.29) is 5.91 Å². The molecule has 0 atom stereocenters. The van der Waals surface area contributed by atoms with Crippen LogP contribution >= 0.6 is 23.4 Å². The zero-order chi connectivity index (χ0) is 16.9. The lowest BCUT2D eigenvalue weighted by Gasteiger charge is -2.09. The molecule has 0 unspecified atom stereocenters. The Labute approximate surface area is 151 Å². The van der Waals surface area contributed by atoms with E-state index in [1.54, 1.807) is 0 Å². The van der Waals surface area contributed by atoms with Crippen LogP contribution in [0.3, 0.4) is 0 Å². The van der Waals surface area contributed by atoms with Gasteiger partial charge in [0.25, 0.3) is 0 Å². The summed E-state index contributed by atoms with van der Waals surface area (Å²) in [6.07, 6.45) is 0.951. The molecule has 0 aromatic heterocycles. The summed E-state index contributed by atoms with van der Waals surface area (Å²) in [5, 5.41) is 5.76. The van der Waals surface area contributed by atoms with Gasteiger partial charge in [-0.3, -0.25) is 4.79 Å². The van der Waals surface area contributed by atoms with Gasteiger partial charge in [0, 0.05) is 21.0 Å². The standard InChI is InChI=1S/C20H18ClNOS/c1-2-14-6-3-9-16(12-14)22-19(23)13-24-18-11-5-8-15-7-4-10-17(21)20(15)18/h3-12H,2,13H2,1H3,(H,22,23). The fourth-order valence-corrected chi connectivity index (χ4v) is 3.84. The third kappa shape index (κ3) is 3.92. The summed E-state index contributed by atoms with van der Waals surface area (Å²) in [5.74, 6) is 0.332. The molecule has 3 aromatic carbocycles. The molecule has 0 bridgehead atoms. The molecule has 4 heteroatoms. The average Bonchev–Trinajstić information content (AvgIpc) is 2.60. The first kappa shape index (κ1) is 16.9. The summed E-state index contributed by atoms with van der Waals surface area (Å²) in [6, 6.07) is 19.8. The van der Waals surface area contributed by atoms with Crippen LogP contribution in [0, 0.1) is 0 Å². The highest BCUT2D eigenvalue weighted by Crippen LogP contribution is 2.33. The number of hydrogen-bond acceptors (Lipinski definition) is 2. The molecule has 0 saturated heterocycles. The number of carbonyl (C=O) groups is 1. The van der Waals surface area contributed by atoms with E-state index >= 15 is 0 Å². The van der Waals surface area contributed by atoms with Crippen molar-refractivity contribution in [3.8, 4) is 0 Å². The minimum atomic E-state index is -0.0164. The lowest BCUT2D eigenvalue weighted by molar-refractivity contribution is -0.113. The average molecular weight is 356 g/mol. The van der Waals surface area contributed by atoms with Gasteiger partial charge in [0.05, 0.1) is 5.75 Å². The number of benzene rings is 3. The Balaban J connectivity index is 1.70. The summed E-state index contributed by atoms with van der Waals surface area (Å²) in [6.45, 7) is 2.10. The van der Waals surface area contributed by atoms with Gasteiger partial charge in [0.1, 0.15) is 0 Å². The Bertz CT molecular complexity index is 873. The highest BCUT2D eigenvalue weighted by molar-refractivity contribution is 8.00. The van der Waals surface area contributed by atoms with Crippen molar-refractivity contribution in [1.29, 1.82) is 0 Å². The number of rotatable bonds is 5. The van der Waals surface area contributed by atoms with Crippen LogP contribution in [0.15, 0.2) is 65.6 Å². The molecule has 1 amide bonds. The molecule has 2 nitrogen and oxygen atoms in total. The summed E-state index contributed by atoms with van der Waals surface area (Å²) in [7, 11) is 0. The predicted molar refractivity (Wildman–Crippen MR) is 104 cm³/mol. The van der Waals surface area contributed by atoms with E-state index < -0.39 is 0 Å². The molecule has 0 fully saturated rings. The van der Waals surface area contributed by atoms with Gasteiger partial charge in [0.15, 0.2) is 0 Å². The number of hydrogen-bond donors (Lipinski definition) is 1. The largest absolute Gasteiger partial charge is 0.325 e. The molecule has 0 aliphatic rings. The Morgan fingerprint density at radius 1 is 1.08 bits per heavy atom. The van der Waals surface area contributed by atoms with Crippen molar-refractivity contribution in [1.82, 2.24) is 0 Å². The SMILES string of the molecule is CCc1cccc(NC(=O)CSc2cccc3cccc(Cl)c23)c1. The second-order valence-corrected chi connectivity index (χ2v) is 6.91. The molecule has 0 saturated carbocycles. The first-order valence-corrected chi connectivity index (χ1v) is 9.22. The fraction of sp³-hybridized carbons (Fsp3) is 0.150. The molecule has 1 N–H and O–H groups in total. The number of nitrogens with one attached hydrogen (secondary N) is 1. The molecule has 24 heavy (non-hydrogen) atoms. The first-order valence-electron chi connectivity index (χ1n) is 7.86. The number of amides is 1. The Hall–Kier alpha value is -1.97. The number of thioether (sulfide) groups is 1. The maximum atomic E-state index is 12.2. The van der Waals surface area contributed by atoms with E-state index in [9.17, 15) is 4.79 Å². The van der Waals surface area contributed by atoms with Gasteiger partial charge in [-0.2, -0.15) is 0 Å². The molecule has 0 heterocycles. The third-order valence-electron chi connectivity index (χ3n) is 3.79. The zero-order valence-electron chi connectivity index (χ0n) is 13.4. The molecule has 3 aromatic rings. The lowest BCUT2D eigenvalue weighted by Crippen LogP contribution is -2.14. The van der Waals surface area contributed by atoms with Crippen molar-refractivity contribution in [3.05, 3.63) is 71.2 Å². The topological polar surface area (TPSA) is 29.1 Å². The molecular formula is C20H18ClNOS. The van der Waals surface area contributed by atoms with Gasteiger partial charge in [0.2, 0.25) is 5.91 Å². The maximum absolute atomic E-state index is 12.2. The summed E-state index contributed by atoms with van der Waals surface area (Å²) in [5.41, 5.74) is 2.05. The fourth-order valence-electron chi connectivity index (χ4n) is 2.59. The number of carbonyl (C=O) groups excluding carboxylic acids is 1. The van der Waals surface area contributed by atoms with Crippen molar-refractivity contribution >= 4 is 45.7 Å². The van der Waals surface area contributed by atoms with Gasteiger partial charge in [-0.05, 0) is 41.6 Å². The zero-order valence-corrected chi connectivity index (χ0v) is 15.0. The Morgan fingerprint density at radius 2 is 1.83 bits per heavy atom. The van der Waals surface area contributed by atoms with E-state index in [1.165, 1.54) is 17.3 Å². The van der Waals surface area contributed by atoms with E-state index in [0.29, 0.717) is 10.8 Å². The minimum Gasteiger partial charge on any atom is -0.325 e. The van der Waals surface area contributed by atoms with Crippen LogP contribution in [0.25, 0.3) is 10.8 Å². The van der Waals surface area contributed by atoms with Crippen molar-refractivity contribution < 1.29 is 4.79 Å². The van der Waals surface area contributed by atoms with Gasteiger partial charge in [-0.25, -0.2) is 0 Å². The van der Waals surface area contributed by atoms with Crippen LogP contribution in [0.2, 0.25) is 5.02 Å². The van der Waals surface area contributed by atoms with E-state index in [1.807, 2.05) is 54.6 Å². The van der Waals surface area contributed by atoms with E-state index in [0.717, 1.165) is 27.8 Å². The van der Waals surface area contributed by atoms with Crippen molar-refractivity contribution in [3.63, 3.8) is 0 Å². The van der Waals surface area contributed by atoms with Crippen molar-refractivity contribution in [2.45, 2.75) is 18.2 Å². The van der Waals surface area contributed by atoms with Gasteiger partial charge in [-0.15, -0.1) is 11.8 Å². The van der Waals surface area contributed by atoms with Crippen molar-refractivity contribution in [2.24, 2.45) is 0 Å². The first-order chi connectivity index (χ1) is 11.7. The predicted octanol–water partition coefficient (Wildman–Crippen LogP) is 5.79. The molecule has 122 valence electrons. The highest BCUT2D eigenvalue weighted by Gasteiger charge is 2.09. The summed E-state index contributed by atoms with van der Waals surface area (Å²) in [4.78, 5) is 13.3. The van der Waals surface area contributed by atoms with Crippen LogP contribution in [0.4, 0.5) is 5.69 Å². The van der Waals surface area contributed by atoms with Crippen molar-refractivity contribution in [2.75, 3.05) is 11.1 Å². The van der Waals surface area contributed by atoms with Crippen LogP contribution < -0.4 is 5.32 Å². The quantitative estimate of drug-likeness (QED) is 0.587. The minimum absolute atomic E-state index is 0.0164. The van der Waals surface area contributed by atoms with Gasteiger partial charge < -0.3 is 5.32 Å². The molecule has 0 aliphatic heterocycles. The van der Waals surface area contributed by atoms with Gasteiger partial charge in [-0.1, -0.05) is 54.9 Å². The number of fused-ring (bicyclic) bond motifs is 1. The Kier molecular flexibility index (Phi) is 5.44. The van der Waals surface area contributed by atoms with E-state index in [4.69, 9.17) is 11.6 Å². The molecule has 0 spiro atoms. The van der Waals surface area contributed by atoms with Crippen LogP contribution in [-0.2, 0) is 11.2 Å². The maximum Gasteiger partial charge on any atom is 0.234 e. The molecular weight excluding hydrogens is 338 g/mol. The van der Waals surface area contributed by atoms with Crippen LogP contribution in [0.5, 0.6) is 0 Å². The molecule has 0 aliphatic carbocycles. The lowest BCUT2D eigenvalue weighted by atomic mass is 10.1. The molecule has 0 radical (unpaired) electrons. The van der Waals surface area contributed by atoms with Crippen LogP contribution in [-0.4, -0.2) is 11.7 Å². The third-order valence-corrected chi connectivity index (χ3v) is 5.17. The number of aryl methyl sites for hydroxylation is 1. The summed E-state index contributed by atoms with van der Waals surface area (Å²) < 4.78 is 0. The normalized spacial score (nSPS) is 10.8. The van der Waals surface area contributed by atoms with Crippen LogP contribution in [0.1, 0.15) is 12.5 Å². The van der Waals surface area contributed by atoms with E-state index in [2.05, 4.69) is 18.3 Å². The number of anilines is 1. The second-order valence-electron chi connectivity index (χ2n) is 5.48. The monoisotopic (exact) mass is 355 g/mol. The summed E-state index contributed by atoms with van der Waals surface area (Å²) >= 11 is 7.83. The molecule has 3 rings (SSSR count). The number of halogens is 1. The van der Waals surface area contributed by atoms with Gasteiger partial charge >= 0.3 is 0 Å². The Morgan fingerprint density at radius 3 is 2.62 bits per heavy atom. The highest BCUT2D eigenvalue weighted by atomic mass is 35.5. The smallest absolute Gasteiger partial charge is 0.234 e. The second kappa shape index (κ2) is 7.73.